The van der Waals surface area contributed by atoms with Gasteiger partial charge in [0.15, 0.2) is 0 Å². The summed E-state index contributed by atoms with van der Waals surface area (Å²) in [5.74, 6) is 1.22. The number of likely N-dealkylation sites (tertiary alicyclic amines) is 1. The molecule has 3 aromatic rings. The second kappa shape index (κ2) is 9.11. The first-order valence-electron chi connectivity index (χ1n) is 13.0. The quantitative estimate of drug-likeness (QED) is 0.453. The molecule has 6 rings (SSSR count). The van der Waals surface area contributed by atoms with Gasteiger partial charge in [-0.2, -0.15) is 5.26 Å². The van der Waals surface area contributed by atoms with Crippen molar-refractivity contribution in [2.24, 2.45) is 5.41 Å². The van der Waals surface area contributed by atoms with Gasteiger partial charge in [-0.15, -0.1) is 11.3 Å². The molecule has 0 bridgehead atoms. The largest absolute Gasteiger partial charge is 0.355 e. The lowest BCUT2D eigenvalue weighted by molar-refractivity contribution is -0.136. The number of pyridine rings is 1. The van der Waals surface area contributed by atoms with E-state index in [9.17, 15) is 10.1 Å². The number of carbonyl (C=O) groups excluding carboxylic acids is 1. The molecule has 0 N–H and O–H groups in total. The third kappa shape index (κ3) is 3.95. The molecule has 2 fully saturated rings. The first kappa shape index (κ1) is 23.9. The standard InChI is InChI=1S/C30H31N5OS/c1-4-26(36)35-16-30(17-35)11-12-34(15-30)29-24(14-31)27(22-8-6-5-7-19(22)2)23-10-9-21(13-25(23)33-29)28-20(3)32-18-37-28/h4-8,18,21H,1,9-13,15-17H2,2-3H3/t21-/m0/s1. The maximum atomic E-state index is 12.1. The number of hydrogen-bond donors (Lipinski definition) is 0. The number of rotatable bonds is 4. The average molecular weight is 510 g/mol. The molecule has 2 aromatic heterocycles. The molecule has 37 heavy (non-hydrogen) atoms. The number of hydrogen-bond acceptors (Lipinski definition) is 6. The molecule has 1 aliphatic carbocycles. The Balaban J connectivity index is 1.42. The third-order valence-corrected chi connectivity index (χ3v) is 9.60. The van der Waals surface area contributed by atoms with Crippen LogP contribution in [0.5, 0.6) is 0 Å². The Morgan fingerprint density at radius 1 is 1.27 bits per heavy atom. The van der Waals surface area contributed by atoms with Gasteiger partial charge in [-0.05, 0) is 62.3 Å². The summed E-state index contributed by atoms with van der Waals surface area (Å²) in [5.41, 5.74) is 9.56. The van der Waals surface area contributed by atoms with Gasteiger partial charge in [0.2, 0.25) is 5.91 Å². The number of nitriles is 1. The molecule has 1 spiro atoms. The number of aryl methyl sites for hydroxylation is 2. The van der Waals surface area contributed by atoms with Gasteiger partial charge in [-0.1, -0.05) is 30.8 Å². The molecule has 1 aromatic carbocycles. The molecular weight excluding hydrogens is 478 g/mol. The molecular formula is C30H31N5OS. The van der Waals surface area contributed by atoms with Crippen LogP contribution in [0, 0.1) is 30.6 Å². The van der Waals surface area contributed by atoms with Gasteiger partial charge in [0, 0.05) is 53.6 Å². The lowest BCUT2D eigenvalue weighted by Crippen LogP contribution is -2.59. The van der Waals surface area contributed by atoms with Crippen LogP contribution >= 0.6 is 11.3 Å². The minimum atomic E-state index is -0.0000594. The molecule has 2 aliphatic heterocycles. The summed E-state index contributed by atoms with van der Waals surface area (Å²) in [6.45, 7) is 11.0. The second-order valence-electron chi connectivity index (χ2n) is 10.8. The number of benzene rings is 1. The van der Waals surface area contributed by atoms with Gasteiger partial charge < -0.3 is 9.80 Å². The highest BCUT2D eigenvalue weighted by Gasteiger charge is 2.49. The first-order valence-corrected chi connectivity index (χ1v) is 13.9. The molecule has 188 valence electrons. The Labute approximate surface area is 222 Å². The van der Waals surface area contributed by atoms with E-state index >= 15 is 0 Å². The van der Waals surface area contributed by atoms with Gasteiger partial charge in [-0.3, -0.25) is 4.79 Å². The van der Waals surface area contributed by atoms with Gasteiger partial charge in [0.1, 0.15) is 17.5 Å². The summed E-state index contributed by atoms with van der Waals surface area (Å²) >= 11 is 1.74. The van der Waals surface area contributed by atoms with Crippen molar-refractivity contribution in [2.45, 2.75) is 45.4 Å². The monoisotopic (exact) mass is 509 g/mol. The zero-order valence-corrected chi connectivity index (χ0v) is 22.3. The van der Waals surface area contributed by atoms with E-state index in [0.29, 0.717) is 11.5 Å². The summed E-state index contributed by atoms with van der Waals surface area (Å²) in [6.07, 6.45) is 5.22. The molecule has 6 nitrogen and oxygen atoms in total. The first-order chi connectivity index (χ1) is 17.9. The van der Waals surface area contributed by atoms with Gasteiger partial charge in [0.05, 0.1) is 11.2 Å². The zero-order valence-electron chi connectivity index (χ0n) is 21.5. The van der Waals surface area contributed by atoms with Crippen molar-refractivity contribution in [3.8, 4) is 17.2 Å². The van der Waals surface area contributed by atoms with Crippen LogP contribution < -0.4 is 4.90 Å². The predicted octanol–water partition coefficient (Wildman–Crippen LogP) is 5.19. The zero-order chi connectivity index (χ0) is 25.7. The highest BCUT2D eigenvalue weighted by molar-refractivity contribution is 7.09. The van der Waals surface area contributed by atoms with Crippen molar-refractivity contribution in [3.63, 3.8) is 0 Å². The van der Waals surface area contributed by atoms with E-state index in [1.54, 1.807) is 11.3 Å². The lowest BCUT2D eigenvalue weighted by atomic mass is 9.79. The van der Waals surface area contributed by atoms with Crippen molar-refractivity contribution in [2.75, 3.05) is 31.1 Å². The number of amides is 1. The van der Waals surface area contributed by atoms with E-state index in [4.69, 9.17) is 4.98 Å². The van der Waals surface area contributed by atoms with Crippen LogP contribution in [0.3, 0.4) is 0 Å². The maximum absolute atomic E-state index is 12.1. The summed E-state index contributed by atoms with van der Waals surface area (Å²) in [7, 11) is 0. The topological polar surface area (TPSA) is 73.1 Å². The number of carbonyl (C=O) groups is 1. The molecule has 0 saturated carbocycles. The van der Waals surface area contributed by atoms with Crippen molar-refractivity contribution in [1.29, 1.82) is 5.26 Å². The molecule has 0 radical (unpaired) electrons. The molecule has 1 atom stereocenters. The summed E-state index contributed by atoms with van der Waals surface area (Å²) in [4.78, 5) is 27.4. The molecule has 4 heterocycles. The number of fused-ring (bicyclic) bond motifs is 1. The molecule has 0 unspecified atom stereocenters. The number of nitrogens with zero attached hydrogens (tertiary/aromatic N) is 5. The van der Waals surface area contributed by atoms with E-state index in [-0.39, 0.29) is 11.3 Å². The Kier molecular flexibility index (Phi) is 5.88. The van der Waals surface area contributed by atoms with E-state index in [1.807, 2.05) is 10.4 Å². The highest BCUT2D eigenvalue weighted by atomic mass is 32.1. The SMILES string of the molecule is C=CC(=O)N1CC2(CCN(c3nc4c(c(-c5ccccc5C)c3C#N)CC[C@H](c3scnc3C)C4)C2)C1. The molecule has 7 heteroatoms. The minimum absolute atomic E-state index is 0.0000594. The van der Waals surface area contributed by atoms with Gasteiger partial charge in [0.25, 0.3) is 0 Å². The second-order valence-corrected chi connectivity index (χ2v) is 11.7. The highest BCUT2D eigenvalue weighted by Crippen LogP contribution is 2.46. The van der Waals surface area contributed by atoms with E-state index in [0.717, 1.165) is 80.2 Å². The fourth-order valence-electron chi connectivity index (χ4n) is 6.58. The van der Waals surface area contributed by atoms with Gasteiger partial charge in [-0.25, -0.2) is 9.97 Å². The van der Waals surface area contributed by atoms with E-state index in [2.05, 4.69) is 60.6 Å². The third-order valence-electron chi connectivity index (χ3n) is 8.50. The summed E-state index contributed by atoms with van der Waals surface area (Å²) in [5, 5.41) is 10.5. The van der Waals surface area contributed by atoms with Crippen molar-refractivity contribution < 1.29 is 4.79 Å². The normalized spacial score (nSPS) is 19.9. The summed E-state index contributed by atoms with van der Waals surface area (Å²) in [6, 6.07) is 11.0. The molecule has 2 saturated heterocycles. The van der Waals surface area contributed by atoms with Crippen molar-refractivity contribution in [3.05, 3.63) is 75.4 Å². The summed E-state index contributed by atoms with van der Waals surface area (Å²) < 4.78 is 0. The predicted molar refractivity (Wildman–Crippen MR) is 147 cm³/mol. The fourth-order valence-corrected chi connectivity index (χ4v) is 7.53. The number of anilines is 1. The molecule has 1 amide bonds. The fraction of sp³-hybridized carbons (Fsp3) is 0.400. The van der Waals surface area contributed by atoms with Crippen LogP contribution in [0.1, 0.15) is 51.7 Å². The Morgan fingerprint density at radius 2 is 2.08 bits per heavy atom. The lowest BCUT2D eigenvalue weighted by Gasteiger charge is -2.47. The van der Waals surface area contributed by atoms with E-state index < -0.39 is 0 Å². The van der Waals surface area contributed by atoms with Crippen LogP contribution in [0.15, 0.2) is 42.4 Å². The average Bonchev–Trinajstić information content (AvgIpc) is 3.53. The Bertz CT molecular complexity index is 1440. The van der Waals surface area contributed by atoms with Crippen LogP contribution in [0.2, 0.25) is 0 Å². The Hall–Kier alpha value is -3.50. The number of aromatic nitrogens is 2. The Morgan fingerprint density at radius 3 is 2.78 bits per heavy atom. The minimum Gasteiger partial charge on any atom is -0.355 e. The van der Waals surface area contributed by atoms with Crippen LogP contribution in [0.25, 0.3) is 11.1 Å². The van der Waals surface area contributed by atoms with Crippen LogP contribution in [0.4, 0.5) is 5.82 Å². The smallest absolute Gasteiger partial charge is 0.245 e. The van der Waals surface area contributed by atoms with Crippen LogP contribution in [-0.2, 0) is 17.6 Å². The van der Waals surface area contributed by atoms with Crippen molar-refractivity contribution in [1.82, 2.24) is 14.9 Å². The number of thiazole rings is 1. The van der Waals surface area contributed by atoms with Gasteiger partial charge >= 0.3 is 0 Å². The van der Waals surface area contributed by atoms with E-state index in [1.165, 1.54) is 22.1 Å². The maximum Gasteiger partial charge on any atom is 0.245 e. The van der Waals surface area contributed by atoms with Crippen molar-refractivity contribution >= 4 is 23.1 Å². The molecule has 3 aliphatic rings. The van der Waals surface area contributed by atoms with Crippen LogP contribution in [-0.4, -0.2) is 47.0 Å².